The van der Waals surface area contributed by atoms with Crippen LogP contribution in [0.25, 0.3) is 11.0 Å². The Morgan fingerprint density at radius 3 is 2.75 bits per heavy atom. The Hall–Kier alpha value is -2.45. The number of carbonyl (C=O) groups excluding carboxylic acids is 1. The number of sulfone groups is 1. The molecule has 0 N–H and O–H groups in total. The summed E-state index contributed by atoms with van der Waals surface area (Å²) in [6.07, 6.45) is 0.372. The molecule has 146 valence electrons. The quantitative estimate of drug-likeness (QED) is 0.609. The zero-order valence-corrected chi connectivity index (χ0v) is 16.9. The number of aryl methyl sites for hydroxylation is 1. The van der Waals surface area contributed by atoms with Gasteiger partial charge in [0.25, 0.3) is 5.91 Å². The summed E-state index contributed by atoms with van der Waals surface area (Å²) in [5.41, 5.74) is 0.664. The van der Waals surface area contributed by atoms with Gasteiger partial charge in [-0.05, 0) is 42.5 Å². The molecule has 1 aliphatic heterocycles. The van der Waals surface area contributed by atoms with Gasteiger partial charge < -0.3 is 9.32 Å². The van der Waals surface area contributed by atoms with Gasteiger partial charge in [0.05, 0.1) is 18.1 Å². The fraction of sp³-hybridized carbons (Fsp3) is 0.300. The van der Waals surface area contributed by atoms with E-state index in [4.69, 9.17) is 4.42 Å². The molecule has 8 heteroatoms. The van der Waals surface area contributed by atoms with Crippen LogP contribution in [0.15, 0.2) is 51.0 Å². The molecule has 0 saturated carbocycles. The fourth-order valence-electron chi connectivity index (χ4n) is 3.47. The van der Waals surface area contributed by atoms with Crippen LogP contribution in [0.3, 0.4) is 0 Å². The van der Waals surface area contributed by atoms with Crippen LogP contribution in [0.2, 0.25) is 0 Å². The second-order valence-corrected chi connectivity index (χ2v) is 10.2. The summed E-state index contributed by atoms with van der Waals surface area (Å²) in [6, 6.07) is 10.0. The van der Waals surface area contributed by atoms with Crippen LogP contribution in [0.1, 0.15) is 27.2 Å². The molecule has 1 aromatic carbocycles. The van der Waals surface area contributed by atoms with Gasteiger partial charge in [-0.1, -0.05) is 18.2 Å². The number of hydrogen-bond donors (Lipinski definition) is 0. The van der Waals surface area contributed by atoms with Gasteiger partial charge in [-0.2, -0.15) is 0 Å². The van der Waals surface area contributed by atoms with Crippen LogP contribution in [-0.4, -0.2) is 36.8 Å². The van der Waals surface area contributed by atoms with Crippen molar-refractivity contribution in [3.8, 4) is 0 Å². The molecule has 6 nitrogen and oxygen atoms in total. The lowest BCUT2D eigenvalue weighted by Gasteiger charge is -2.28. The first-order valence-electron chi connectivity index (χ1n) is 8.91. The number of nitrogens with zero attached hydrogens (tertiary/aromatic N) is 1. The van der Waals surface area contributed by atoms with Gasteiger partial charge >= 0.3 is 5.63 Å². The van der Waals surface area contributed by atoms with Crippen molar-refractivity contribution in [1.29, 1.82) is 0 Å². The molecule has 3 aromatic rings. The molecule has 4 rings (SSSR count). The minimum atomic E-state index is -3.18. The Morgan fingerprint density at radius 2 is 2.07 bits per heavy atom. The third-order valence-corrected chi connectivity index (χ3v) is 7.82. The molecule has 1 saturated heterocycles. The summed E-state index contributed by atoms with van der Waals surface area (Å²) < 4.78 is 29.3. The number of thiophene rings is 1. The Labute approximate surface area is 166 Å². The van der Waals surface area contributed by atoms with E-state index >= 15 is 0 Å². The highest BCUT2D eigenvalue weighted by Gasteiger charge is 2.36. The smallest absolute Gasteiger partial charge is 0.349 e. The lowest BCUT2D eigenvalue weighted by atomic mass is 10.1. The van der Waals surface area contributed by atoms with Gasteiger partial charge in [-0.25, -0.2) is 13.2 Å². The third kappa shape index (κ3) is 3.62. The zero-order chi connectivity index (χ0) is 19.9. The number of carbonyl (C=O) groups is 1. The van der Waals surface area contributed by atoms with Crippen LogP contribution in [0.5, 0.6) is 0 Å². The van der Waals surface area contributed by atoms with E-state index in [9.17, 15) is 18.0 Å². The van der Waals surface area contributed by atoms with Gasteiger partial charge in [0.1, 0.15) is 11.1 Å². The van der Waals surface area contributed by atoms with Crippen molar-refractivity contribution >= 4 is 38.1 Å². The molecule has 1 aliphatic rings. The molecule has 1 atom stereocenters. The first-order chi connectivity index (χ1) is 13.3. The average molecular weight is 418 g/mol. The monoisotopic (exact) mass is 417 g/mol. The van der Waals surface area contributed by atoms with Crippen molar-refractivity contribution in [3.05, 3.63) is 68.2 Å². The van der Waals surface area contributed by atoms with E-state index in [-0.39, 0.29) is 23.6 Å². The van der Waals surface area contributed by atoms with E-state index in [0.29, 0.717) is 17.4 Å². The van der Waals surface area contributed by atoms with Crippen LogP contribution >= 0.6 is 11.3 Å². The molecule has 0 radical (unpaired) electrons. The Kier molecular flexibility index (Phi) is 4.84. The standard InChI is InChI=1S/C20H19NO5S2/c1-13-6-8-27-18(13)11-21(15-7-9-28(24,25)12-15)19(22)16-10-14-4-2-3-5-17(14)26-20(16)23/h2-6,8,10,15H,7,9,11-12H2,1H3. The minimum Gasteiger partial charge on any atom is -0.422 e. The molecule has 0 bridgehead atoms. The number of hydrogen-bond acceptors (Lipinski definition) is 6. The van der Waals surface area contributed by atoms with E-state index in [1.54, 1.807) is 24.3 Å². The highest BCUT2D eigenvalue weighted by molar-refractivity contribution is 7.91. The maximum Gasteiger partial charge on any atom is 0.349 e. The third-order valence-electron chi connectivity index (χ3n) is 5.06. The topological polar surface area (TPSA) is 84.7 Å². The van der Waals surface area contributed by atoms with Crippen molar-refractivity contribution in [2.45, 2.75) is 25.9 Å². The second-order valence-electron chi connectivity index (χ2n) is 7.00. The van der Waals surface area contributed by atoms with Crippen molar-refractivity contribution in [2.24, 2.45) is 0 Å². The Morgan fingerprint density at radius 1 is 1.29 bits per heavy atom. The highest BCUT2D eigenvalue weighted by Crippen LogP contribution is 2.25. The normalized spacial score (nSPS) is 18.4. The molecule has 0 spiro atoms. The average Bonchev–Trinajstić information content (AvgIpc) is 3.23. The highest BCUT2D eigenvalue weighted by atomic mass is 32.2. The summed E-state index contributed by atoms with van der Waals surface area (Å²) in [5, 5.41) is 2.58. The first kappa shape index (κ1) is 18.9. The lowest BCUT2D eigenvalue weighted by molar-refractivity contribution is 0.0678. The van der Waals surface area contributed by atoms with Gasteiger partial charge in [0, 0.05) is 16.3 Å². The molecule has 28 heavy (non-hydrogen) atoms. The predicted octanol–water partition coefficient (Wildman–Crippen LogP) is 2.99. The summed E-state index contributed by atoms with van der Waals surface area (Å²) in [6.45, 7) is 2.22. The molecule has 1 amide bonds. The van der Waals surface area contributed by atoms with Crippen molar-refractivity contribution in [1.82, 2.24) is 4.90 Å². The molecular formula is C20H19NO5S2. The second kappa shape index (κ2) is 7.18. The van der Waals surface area contributed by atoms with Gasteiger partial charge in [-0.3, -0.25) is 4.79 Å². The maximum atomic E-state index is 13.3. The molecule has 0 aliphatic carbocycles. The van der Waals surface area contributed by atoms with E-state index in [2.05, 4.69) is 0 Å². The van der Waals surface area contributed by atoms with Crippen LogP contribution in [-0.2, 0) is 16.4 Å². The fourth-order valence-corrected chi connectivity index (χ4v) is 6.11. The van der Waals surface area contributed by atoms with E-state index in [1.807, 2.05) is 18.4 Å². The van der Waals surface area contributed by atoms with Crippen LogP contribution in [0.4, 0.5) is 0 Å². The van der Waals surface area contributed by atoms with Gasteiger partial charge in [0.2, 0.25) is 0 Å². The van der Waals surface area contributed by atoms with E-state index in [0.717, 1.165) is 10.4 Å². The summed E-state index contributed by atoms with van der Waals surface area (Å²) in [5.74, 6) is -0.520. The Bertz CT molecular complexity index is 1210. The van der Waals surface area contributed by atoms with Crippen molar-refractivity contribution in [3.63, 3.8) is 0 Å². The molecule has 1 unspecified atom stereocenters. The maximum absolute atomic E-state index is 13.3. The minimum absolute atomic E-state index is 0.0528. The SMILES string of the molecule is Cc1ccsc1CN(C(=O)c1cc2ccccc2oc1=O)C1CCS(=O)(=O)C1. The number of para-hydroxylation sites is 1. The molecule has 3 heterocycles. The summed E-state index contributed by atoms with van der Waals surface area (Å²) >= 11 is 1.51. The van der Waals surface area contributed by atoms with Crippen molar-refractivity contribution in [2.75, 3.05) is 11.5 Å². The zero-order valence-electron chi connectivity index (χ0n) is 15.3. The Balaban J connectivity index is 1.75. The summed E-state index contributed by atoms with van der Waals surface area (Å²) in [4.78, 5) is 28.3. The van der Waals surface area contributed by atoms with Crippen molar-refractivity contribution < 1.29 is 17.6 Å². The molecule has 1 fully saturated rings. The van der Waals surface area contributed by atoms with E-state index in [1.165, 1.54) is 22.3 Å². The van der Waals surface area contributed by atoms with Crippen LogP contribution < -0.4 is 5.63 Å². The number of fused-ring (bicyclic) bond motifs is 1. The number of benzene rings is 1. The van der Waals surface area contributed by atoms with Gasteiger partial charge in [-0.15, -0.1) is 11.3 Å². The molecular weight excluding hydrogens is 398 g/mol. The predicted molar refractivity (Wildman–Crippen MR) is 108 cm³/mol. The van der Waals surface area contributed by atoms with Crippen LogP contribution in [0, 0.1) is 6.92 Å². The first-order valence-corrected chi connectivity index (χ1v) is 11.6. The van der Waals surface area contributed by atoms with Gasteiger partial charge in [0.15, 0.2) is 9.84 Å². The lowest BCUT2D eigenvalue weighted by Crippen LogP contribution is -2.42. The van der Waals surface area contributed by atoms with E-state index < -0.39 is 27.4 Å². The largest absolute Gasteiger partial charge is 0.422 e. The molecule has 2 aromatic heterocycles. The number of amides is 1. The summed E-state index contributed by atoms with van der Waals surface area (Å²) in [7, 11) is -3.18. The number of rotatable bonds is 4.